The Morgan fingerprint density at radius 3 is 2.69 bits per heavy atom. The van der Waals surface area contributed by atoms with E-state index in [4.69, 9.17) is 5.73 Å². The van der Waals surface area contributed by atoms with Crippen molar-refractivity contribution in [3.05, 3.63) is 0 Å². The summed E-state index contributed by atoms with van der Waals surface area (Å²) in [6.45, 7) is 2.24. The molecule has 1 aliphatic rings. The summed E-state index contributed by atoms with van der Waals surface area (Å²) in [7, 11) is 1.83. The molecule has 0 saturated heterocycles. The van der Waals surface area contributed by atoms with Crippen LogP contribution in [0.4, 0.5) is 0 Å². The van der Waals surface area contributed by atoms with Crippen LogP contribution in [-0.2, 0) is 4.79 Å². The number of carbonyl (C=O) groups excluding carboxylic acids is 1. The van der Waals surface area contributed by atoms with Gasteiger partial charge in [-0.05, 0) is 32.2 Å². The van der Waals surface area contributed by atoms with Crippen LogP contribution in [0.25, 0.3) is 0 Å². The lowest BCUT2D eigenvalue weighted by Gasteiger charge is -2.28. The second kappa shape index (κ2) is 4.09. The smallest absolute Gasteiger partial charge is 0.237 e. The standard InChI is InChI=1S/C10H20N2O/c1-8-4-3-6-10(12-2,7-5-8)9(11)13/h8,12H,3-7H2,1-2H3,(H2,11,13). The van der Waals surface area contributed by atoms with E-state index in [0.717, 1.165) is 31.6 Å². The fourth-order valence-electron chi connectivity index (χ4n) is 2.13. The third-order valence-electron chi connectivity index (χ3n) is 3.31. The van der Waals surface area contributed by atoms with Gasteiger partial charge in [-0.25, -0.2) is 0 Å². The summed E-state index contributed by atoms with van der Waals surface area (Å²) >= 11 is 0. The number of amides is 1. The van der Waals surface area contributed by atoms with Crippen molar-refractivity contribution in [3.8, 4) is 0 Å². The van der Waals surface area contributed by atoms with Gasteiger partial charge in [-0.3, -0.25) is 4.79 Å². The molecule has 0 heterocycles. The molecule has 0 bridgehead atoms. The first-order valence-electron chi connectivity index (χ1n) is 5.09. The van der Waals surface area contributed by atoms with Crippen molar-refractivity contribution in [2.24, 2.45) is 11.7 Å². The first-order chi connectivity index (χ1) is 6.10. The summed E-state index contributed by atoms with van der Waals surface area (Å²) < 4.78 is 0. The van der Waals surface area contributed by atoms with Gasteiger partial charge in [0.2, 0.25) is 5.91 Å². The third-order valence-corrected chi connectivity index (χ3v) is 3.31. The fraction of sp³-hybridized carbons (Fsp3) is 0.900. The lowest BCUT2D eigenvalue weighted by molar-refractivity contribution is -0.124. The highest BCUT2D eigenvalue weighted by atomic mass is 16.1. The summed E-state index contributed by atoms with van der Waals surface area (Å²) in [6.07, 6.45) is 5.20. The van der Waals surface area contributed by atoms with Crippen molar-refractivity contribution in [1.82, 2.24) is 5.32 Å². The second-order valence-corrected chi connectivity index (χ2v) is 4.23. The number of nitrogens with two attached hydrogens (primary N) is 1. The molecule has 0 aromatic carbocycles. The van der Waals surface area contributed by atoms with Gasteiger partial charge in [0, 0.05) is 0 Å². The van der Waals surface area contributed by atoms with E-state index >= 15 is 0 Å². The van der Waals surface area contributed by atoms with Crippen LogP contribution < -0.4 is 11.1 Å². The highest BCUT2D eigenvalue weighted by Gasteiger charge is 2.35. The summed E-state index contributed by atoms with van der Waals surface area (Å²) in [5.41, 5.74) is 5.00. The molecule has 0 aromatic heterocycles. The average Bonchev–Trinajstić information content (AvgIpc) is 2.28. The molecule has 3 nitrogen and oxygen atoms in total. The molecular weight excluding hydrogens is 164 g/mol. The van der Waals surface area contributed by atoms with Gasteiger partial charge in [0.15, 0.2) is 0 Å². The minimum atomic E-state index is -0.426. The first-order valence-corrected chi connectivity index (χ1v) is 5.09. The monoisotopic (exact) mass is 184 g/mol. The fourth-order valence-corrected chi connectivity index (χ4v) is 2.13. The van der Waals surface area contributed by atoms with Crippen LogP contribution in [-0.4, -0.2) is 18.5 Å². The molecule has 0 radical (unpaired) electrons. The third kappa shape index (κ3) is 2.21. The minimum absolute atomic E-state index is 0.191. The Morgan fingerprint density at radius 1 is 1.46 bits per heavy atom. The zero-order chi connectivity index (χ0) is 9.90. The van der Waals surface area contributed by atoms with Crippen LogP contribution in [0.1, 0.15) is 39.0 Å². The van der Waals surface area contributed by atoms with Crippen molar-refractivity contribution in [3.63, 3.8) is 0 Å². The van der Waals surface area contributed by atoms with E-state index in [2.05, 4.69) is 12.2 Å². The topological polar surface area (TPSA) is 55.1 Å². The Balaban J connectivity index is 2.69. The Bertz CT molecular complexity index is 193. The molecule has 1 amide bonds. The Morgan fingerprint density at radius 2 is 2.15 bits per heavy atom. The van der Waals surface area contributed by atoms with Gasteiger partial charge in [0.1, 0.15) is 0 Å². The molecule has 3 N–H and O–H groups in total. The van der Waals surface area contributed by atoms with E-state index in [-0.39, 0.29) is 5.91 Å². The van der Waals surface area contributed by atoms with Crippen LogP contribution in [0, 0.1) is 5.92 Å². The van der Waals surface area contributed by atoms with Gasteiger partial charge in [0.25, 0.3) is 0 Å². The van der Waals surface area contributed by atoms with Crippen molar-refractivity contribution in [1.29, 1.82) is 0 Å². The minimum Gasteiger partial charge on any atom is -0.368 e. The molecular formula is C10H20N2O. The summed E-state index contributed by atoms with van der Waals surface area (Å²) in [4.78, 5) is 11.3. The van der Waals surface area contributed by atoms with Crippen LogP contribution in [0.2, 0.25) is 0 Å². The number of primary amides is 1. The highest BCUT2D eigenvalue weighted by Crippen LogP contribution is 2.29. The number of carbonyl (C=O) groups is 1. The van der Waals surface area contributed by atoms with Gasteiger partial charge in [0.05, 0.1) is 5.54 Å². The summed E-state index contributed by atoms with van der Waals surface area (Å²) in [6, 6.07) is 0. The number of hydrogen-bond acceptors (Lipinski definition) is 2. The van der Waals surface area contributed by atoms with E-state index in [1.54, 1.807) is 0 Å². The van der Waals surface area contributed by atoms with Crippen molar-refractivity contribution in [2.45, 2.75) is 44.6 Å². The lowest BCUT2D eigenvalue weighted by Crippen LogP contribution is -2.53. The van der Waals surface area contributed by atoms with Crippen molar-refractivity contribution >= 4 is 5.91 Å². The van der Waals surface area contributed by atoms with E-state index < -0.39 is 5.54 Å². The van der Waals surface area contributed by atoms with Gasteiger partial charge < -0.3 is 11.1 Å². The Kier molecular flexibility index (Phi) is 3.31. The second-order valence-electron chi connectivity index (χ2n) is 4.23. The molecule has 0 aromatic rings. The first kappa shape index (κ1) is 10.5. The number of likely N-dealkylation sites (N-methyl/N-ethyl adjacent to an activating group) is 1. The quantitative estimate of drug-likeness (QED) is 0.630. The molecule has 0 aliphatic heterocycles. The molecule has 1 fully saturated rings. The number of hydrogen-bond donors (Lipinski definition) is 2. The van der Waals surface area contributed by atoms with E-state index in [1.165, 1.54) is 6.42 Å². The maximum atomic E-state index is 11.3. The van der Waals surface area contributed by atoms with E-state index in [0.29, 0.717) is 0 Å². The predicted octanol–water partition coefficient (Wildman–Crippen LogP) is 1.03. The van der Waals surface area contributed by atoms with E-state index in [1.807, 2.05) is 7.05 Å². The normalized spacial score (nSPS) is 35.4. The average molecular weight is 184 g/mol. The van der Waals surface area contributed by atoms with Crippen LogP contribution >= 0.6 is 0 Å². The lowest BCUT2D eigenvalue weighted by atomic mass is 9.89. The number of nitrogens with one attached hydrogen (secondary N) is 1. The van der Waals surface area contributed by atoms with Crippen molar-refractivity contribution in [2.75, 3.05) is 7.05 Å². The van der Waals surface area contributed by atoms with E-state index in [9.17, 15) is 4.79 Å². The van der Waals surface area contributed by atoms with Crippen LogP contribution in [0.15, 0.2) is 0 Å². The molecule has 1 aliphatic carbocycles. The number of rotatable bonds is 2. The molecule has 76 valence electrons. The predicted molar refractivity (Wildman–Crippen MR) is 53.2 cm³/mol. The highest BCUT2D eigenvalue weighted by molar-refractivity contribution is 5.84. The summed E-state index contributed by atoms with van der Waals surface area (Å²) in [5.74, 6) is 0.540. The molecule has 0 spiro atoms. The van der Waals surface area contributed by atoms with Gasteiger partial charge in [-0.15, -0.1) is 0 Å². The van der Waals surface area contributed by atoms with Gasteiger partial charge in [-0.2, -0.15) is 0 Å². The van der Waals surface area contributed by atoms with Gasteiger partial charge >= 0.3 is 0 Å². The van der Waals surface area contributed by atoms with Gasteiger partial charge in [-0.1, -0.05) is 19.8 Å². The SMILES string of the molecule is CNC1(C(N)=O)CCCC(C)CC1. The largest absolute Gasteiger partial charge is 0.368 e. The maximum absolute atomic E-state index is 11.3. The molecule has 2 unspecified atom stereocenters. The maximum Gasteiger partial charge on any atom is 0.237 e. The molecule has 13 heavy (non-hydrogen) atoms. The zero-order valence-electron chi connectivity index (χ0n) is 8.60. The molecule has 1 saturated carbocycles. The molecule has 1 rings (SSSR count). The Hall–Kier alpha value is -0.570. The van der Waals surface area contributed by atoms with Crippen LogP contribution in [0.5, 0.6) is 0 Å². The Labute approximate surface area is 80.1 Å². The summed E-state index contributed by atoms with van der Waals surface area (Å²) in [5, 5.41) is 3.10. The zero-order valence-corrected chi connectivity index (χ0v) is 8.60. The van der Waals surface area contributed by atoms with Crippen molar-refractivity contribution < 1.29 is 4.79 Å². The molecule has 2 atom stereocenters. The molecule has 3 heteroatoms. The van der Waals surface area contributed by atoms with Crippen LogP contribution in [0.3, 0.4) is 0 Å².